The Morgan fingerprint density at radius 2 is 2.46 bits per heavy atom. The highest BCUT2D eigenvalue weighted by Gasteiger charge is 1.97. The summed E-state index contributed by atoms with van der Waals surface area (Å²) >= 11 is 0. The molecule has 0 spiro atoms. The van der Waals surface area contributed by atoms with Gasteiger partial charge in [0.15, 0.2) is 0 Å². The molecule has 13 heavy (non-hydrogen) atoms. The monoisotopic (exact) mass is 180 g/mol. The van der Waals surface area contributed by atoms with Crippen molar-refractivity contribution in [2.24, 2.45) is 0 Å². The summed E-state index contributed by atoms with van der Waals surface area (Å²) in [6.45, 7) is 2.18. The van der Waals surface area contributed by atoms with E-state index in [1.807, 2.05) is 18.2 Å². The van der Waals surface area contributed by atoms with Crippen molar-refractivity contribution in [2.75, 3.05) is 0 Å². The fourth-order valence-corrected chi connectivity index (χ4v) is 0.765. The summed E-state index contributed by atoms with van der Waals surface area (Å²) in [5.41, 5.74) is 3.38. The van der Waals surface area contributed by atoms with Crippen LogP contribution in [0.5, 0.6) is 0 Å². The molecule has 0 bridgehead atoms. The Bertz CT molecular complexity index is 262. The lowest BCUT2D eigenvalue weighted by Crippen LogP contribution is -2.19. The summed E-state index contributed by atoms with van der Waals surface area (Å²) in [5, 5.41) is 0. The van der Waals surface area contributed by atoms with Gasteiger partial charge >= 0.3 is 5.97 Å². The van der Waals surface area contributed by atoms with E-state index in [-0.39, 0.29) is 5.97 Å². The van der Waals surface area contributed by atoms with Crippen molar-refractivity contribution in [3.8, 4) is 0 Å². The second kappa shape index (κ2) is 5.27. The molecule has 1 aromatic heterocycles. The van der Waals surface area contributed by atoms with Crippen LogP contribution < -0.4 is 5.48 Å². The van der Waals surface area contributed by atoms with Gasteiger partial charge in [0, 0.05) is 12.6 Å². The molecule has 0 aliphatic rings. The minimum Gasteiger partial charge on any atom is -0.370 e. The molecular weight excluding hydrogens is 168 g/mol. The molecular formula is C9H12N2O2. The van der Waals surface area contributed by atoms with Crippen molar-refractivity contribution < 1.29 is 9.63 Å². The summed E-state index contributed by atoms with van der Waals surface area (Å²) < 4.78 is 0. The topological polar surface area (TPSA) is 51.2 Å². The zero-order valence-electron chi connectivity index (χ0n) is 7.49. The Kier molecular flexibility index (Phi) is 3.92. The molecule has 0 unspecified atom stereocenters. The average Bonchev–Trinajstić information content (AvgIpc) is 2.19. The number of hydrogen-bond donors (Lipinski definition) is 1. The number of pyridine rings is 1. The van der Waals surface area contributed by atoms with E-state index in [0.29, 0.717) is 13.0 Å². The zero-order chi connectivity index (χ0) is 9.52. The Balaban J connectivity index is 2.24. The molecule has 0 saturated heterocycles. The van der Waals surface area contributed by atoms with Gasteiger partial charge < -0.3 is 4.84 Å². The third-order valence-electron chi connectivity index (χ3n) is 1.45. The highest BCUT2D eigenvalue weighted by Crippen LogP contribution is 1.92. The maximum atomic E-state index is 10.7. The van der Waals surface area contributed by atoms with E-state index in [1.165, 1.54) is 0 Å². The van der Waals surface area contributed by atoms with Crippen LogP contribution in [0.1, 0.15) is 19.0 Å². The molecule has 0 fully saturated rings. The standard InChI is InChI=1S/C9H12N2O2/c1-2-9(12)13-11-7-8-5-3-4-6-10-8/h3-6,11H,2,7H2,1H3. The largest absolute Gasteiger partial charge is 0.370 e. The first-order chi connectivity index (χ1) is 6.33. The summed E-state index contributed by atoms with van der Waals surface area (Å²) in [6.07, 6.45) is 2.06. The molecule has 0 saturated carbocycles. The maximum absolute atomic E-state index is 10.7. The lowest BCUT2D eigenvalue weighted by molar-refractivity contribution is -0.151. The van der Waals surface area contributed by atoms with Crippen LogP contribution in [0.4, 0.5) is 0 Å². The lowest BCUT2D eigenvalue weighted by atomic mass is 10.4. The van der Waals surface area contributed by atoms with Gasteiger partial charge in [0.2, 0.25) is 0 Å². The highest BCUT2D eigenvalue weighted by molar-refractivity contribution is 5.68. The van der Waals surface area contributed by atoms with E-state index in [4.69, 9.17) is 0 Å². The molecule has 0 aliphatic carbocycles. The van der Waals surface area contributed by atoms with Gasteiger partial charge in [-0.15, -0.1) is 5.48 Å². The number of rotatable bonds is 4. The first-order valence-electron chi connectivity index (χ1n) is 4.15. The van der Waals surface area contributed by atoms with Crippen LogP contribution in [0.3, 0.4) is 0 Å². The van der Waals surface area contributed by atoms with Gasteiger partial charge in [0.25, 0.3) is 0 Å². The molecule has 0 aromatic carbocycles. The van der Waals surface area contributed by atoms with Crippen LogP contribution in [0.25, 0.3) is 0 Å². The molecule has 1 heterocycles. The van der Waals surface area contributed by atoms with Crippen molar-refractivity contribution in [3.05, 3.63) is 30.1 Å². The second-order valence-electron chi connectivity index (χ2n) is 2.47. The molecule has 1 N–H and O–H groups in total. The summed E-state index contributed by atoms with van der Waals surface area (Å²) in [6, 6.07) is 5.57. The predicted molar refractivity (Wildman–Crippen MR) is 47.5 cm³/mol. The number of aromatic nitrogens is 1. The first kappa shape index (κ1) is 9.67. The Morgan fingerprint density at radius 1 is 1.62 bits per heavy atom. The van der Waals surface area contributed by atoms with Crippen LogP contribution in [0.2, 0.25) is 0 Å². The van der Waals surface area contributed by atoms with E-state index in [9.17, 15) is 4.79 Å². The normalized spacial score (nSPS) is 9.62. The number of nitrogens with zero attached hydrogens (tertiary/aromatic N) is 1. The molecule has 1 rings (SSSR count). The Morgan fingerprint density at radius 3 is 3.08 bits per heavy atom. The van der Waals surface area contributed by atoms with Gasteiger partial charge in [0.1, 0.15) is 0 Å². The van der Waals surface area contributed by atoms with Crippen LogP contribution in [0.15, 0.2) is 24.4 Å². The Labute approximate surface area is 76.9 Å². The number of carbonyl (C=O) groups excluding carboxylic acids is 1. The van der Waals surface area contributed by atoms with Gasteiger partial charge in [-0.3, -0.25) is 9.78 Å². The average molecular weight is 180 g/mol. The molecule has 0 radical (unpaired) electrons. The third kappa shape index (κ3) is 3.66. The van der Waals surface area contributed by atoms with Crippen LogP contribution in [-0.4, -0.2) is 11.0 Å². The number of hydrogen-bond acceptors (Lipinski definition) is 4. The van der Waals surface area contributed by atoms with Gasteiger partial charge in [-0.1, -0.05) is 13.0 Å². The second-order valence-corrected chi connectivity index (χ2v) is 2.47. The number of nitrogens with one attached hydrogen (secondary N) is 1. The van der Waals surface area contributed by atoms with Crippen molar-refractivity contribution in [2.45, 2.75) is 19.9 Å². The number of hydroxylamine groups is 1. The van der Waals surface area contributed by atoms with Crippen LogP contribution in [0, 0.1) is 0 Å². The van der Waals surface area contributed by atoms with Gasteiger partial charge in [-0.05, 0) is 12.1 Å². The van der Waals surface area contributed by atoms with Crippen molar-refractivity contribution >= 4 is 5.97 Å². The first-order valence-corrected chi connectivity index (χ1v) is 4.15. The van der Waals surface area contributed by atoms with Gasteiger partial charge in [0.05, 0.1) is 12.2 Å². The molecule has 70 valence electrons. The fourth-order valence-electron chi connectivity index (χ4n) is 0.765. The summed E-state index contributed by atoms with van der Waals surface area (Å²) in [7, 11) is 0. The van der Waals surface area contributed by atoms with E-state index in [1.54, 1.807) is 13.1 Å². The van der Waals surface area contributed by atoms with Crippen LogP contribution in [-0.2, 0) is 16.2 Å². The third-order valence-corrected chi connectivity index (χ3v) is 1.45. The van der Waals surface area contributed by atoms with E-state index < -0.39 is 0 Å². The van der Waals surface area contributed by atoms with Gasteiger partial charge in [-0.25, -0.2) is 0 Å². The molecule has 0 amide bonds. The van der Waals surface area contributed by atoms with E-state index in [0.717, 1.165) is 5.69 Å². The minimum absolute atomic E-state index is 0.268. The van der Waals surface area contributed by atoms with Gasteiger partial charge in [-0.2, -0.15) is 0 Å². The molecule has 1 aromatic rings. The maximum Gasteiger partial charge on any atom is 0.324 e. The predicted octanol–water partition coefficient (Wildman–Crippen LogP) is 1.04. The van der Waals surface area contributed by atoms with E-state index >= 15 is 0 Å². The van der Waals surface area contributed by atoms with E-state index in [2.05, 4.69) is 15.3 Å². The van der Waals surface area contributed by atoms with Crippen molar-refractivity contribution in [1.82, 2.24) is 10.5 Å². The molecule has 0 atom stereocenters. The molecule has 4 heteroatoms. The quantitative estimate of drug-likeness (QED) is 0.703. The minimum atomic E-state index is -0.268. The van der Waals surface area contributed by atoms with Crippen LogP contribution >= 0.6 is 0 Å². The molecule has 4 nitrogen and oxygen atoms in total. The lowest BCUT2D eigenvalue weighted by Gasteiger charge is -2.03. The summed E-state index contributed by atoms with van der Waals surface area (Å²) in [4.78, 5) is 19.4. The zero-order valence-corrected chi connectivity index (χ0v) is 7.49. The fraction of sp³-hybridized carbons (Fsp3) is 0.333. The summed E-state index contributed by atoms with van der Waals surface area (Å²) in [5.74, 6) is -0.268. The van der Waals surface area contributed by atoms with Crippen molar-refractivity contribution in [1.29, 1.82) is 0 Å². The molecule has 0 aliphatic heterocycles. The Hall–Kier alpha value is -1.42. The van der Waals surface area contributed by atoms with Crippen molar-refractivity contribution in [3.63, 3.8) is 0 Å². The SMILES string of the molecule is CCC(=O)ONCc1ccccn1. The smallest absolute Gasteiger partial charge is 0.324 e. The number of carbonyl (C=O) groups is 1. The highest BCUT2D eigenvalue weighted by atomic mass is 16.7.